The fourth-order valence-electron chi connectivity index (χ4n) is 1.72. The molecule has 0 unspecified atom stereocenters. The second-order valence-electron chi connectivity index (χ2n) is 4.11. The second kappa shape index (κ2) is 7.26. The Morgan fingerprint density at radius 1 is 1.41 bits per heavy atom. The predicted octanol–water partition coefficient (Wildman–Crippen LogP) is 3.73. The maximum atomic E-state index is 12.0. The number of ether oxygens (including phenoxy) is 2. The Morgan fingerprint density at radius 2 is 2.18 bits per heavy atom. The molecule has 0 N–H and O–H groups in total. The van der Waals surface area contributed by atoms with Gasteiger partial charge in [0, 0.05) is 6.21 Å². The first-order valence-electron chi connectivity index (χ1n) is 6.32. The third kappa shape index (κ3) is 3.88. The summed E-state index contributed by atoms with van der Waals surface area (Å²) in [4.78, 5) is 0. The molecule has 8 heteroatoms. The van der Waals surface area contributed by atoms with E-state index in [1.165, 1.54) is 19.4 Å². The molecular formula is C14H14BrNO4S2. The van der Waals surface area contributed by atoms with Gasteiger partial charge in [-0.15, -0.1) is 11.3 Å². The molecule has 5 nitrogen and oxygen atoms in total. The second-order valence-corrected chi connectivity index (χ2v) is 7.77. The maximum Gasteiger partial charge on any atom is 0.291 e. The normalized spacial score (nSPS) is 11.8. The molecule has 0 aliphatic carbocycles. The van der Waals surface area contributed by atoms with Gasteiger partial charge in [-0.25, -0.2) is 0 Å². The molecule has 1 aromatic carbocycles. The SMILES string of the molecule is CCOc1cc(/C=N\S(=O)(=O)c2cccs2)cc(Br)c1OC. The lowest BCUT2D eigenvalue weighted by molar-refractivity contribution is 0.310. The van der Waals surface area contributed by atoms with Crippen LogP contribution in [0.1, 0.15) is 12.5 Å². The molecule has 0 bridgehead atoms. The molecule has 0 saturated heterocycles. The van der Waals surface area contributed by atoms with Gasteiger partial charge in [-0.05, 0) is 52.0 Å². The van der Waals surface area contributed by atoms with E-state index in [4.69, 9.17) is 9.47 Å². The van der Waals surface area contributed by atoms with Crippen LogP contribution in [0.5, 0.6) is 11.5 Å². The van der Waals surface area contributed by atoms with Crippen LogP contribution < -0.4 is 9.47 Å². The van der Waals surface area contributed by atoms with Gasteiger partial charge in [-0.2, -0.15) is 12.8 Å². The highest BCUT2D eigenvalue weighted by Gasteiger charge is 2.14. The van der Waals surface area contributed by atoms with Gasteiger partial charge in [-0.1, -0.05) is 6.07 Å². The monoisotopic (exact) mass is 403 g/mol. The third-order valence-corrected chi connectivity index (χ3v) is 5.82. The Balaban J connectivity index is 2.36. The van der Waals surface area contributed by atoms with Crippen molar-refractivity contribution in [3.63, 3.8) is 0 Å². The Morgan fingerprint density at radius 3 is 2.77 bits per heavy atom. The van der Waals surface area contributed by atoms with Crippen molar-refractivity contribution < 1.29 is 17.9 Å². The van der Waals surface area contributed by atoms with Crippen LogP contribution in [-0.2, 0) is 10.0 Å². The minimum absolute atomic E-state index is 0.210. The van der Waals surface area contributed by atoms with Gasteiger partial charge >= 0.3 is 0 Å². The number of thiophene rings is 1. The van der Waals surface area contributed by atoms with Crippen molar-refractivity contribution in [1.82, 2.24) is 0 Å². The van der Waals surface area contributed by atoms with Crippen LogP contribution in [0.4, 0.5) is 0 Å². The van der Waals surface area contributed by atoms with E-state index in [0.717, 1.165) is 11.3 Å². The quantitative estimate of drug-likeness (QED) is 0.689. The number of halogens is 1. The van der Waals surface area contributed by atoms with Gasteiger partial charge in [0.15, 0.2) is 11.5 Å². The highest BCUT2D eigenvalue weighted by atomic mass is 79.9. The number of hydrogen-bond acceptors (Lipinski definition) is 5. The first-order valence-corrected chi connectivity index (χ1v) is 9.43. The number of hydrogen-bond donors (Lipinski definition) is 0. The fourth-order valence-corrected chi connectivity index (χ4v) is 4.18. The van der Waals surface area contributed by atoms with Gasteiger partial charge in [-0.3, -0.25) is 0 Å². The van der Waals surface area contributed by atoms with Gasteiger partial charge in [0.2, 0.25) is 0 Å². The van der Waals surface area contributed by atoms with E-state index in [9.17, 15) is 8.42 Å². The first kappa shape index (κ1) is 17.0. The van der Waals surface area contributed by atoms with Crippen LogP contribution >= 0.6 is 27.3 Å². The van der Waals surface area contributed by atoms with Gasteiger partial charge in [0.25, 0.3) is 10.0 Å². The van der Waals surface area contributed by atoms with E-state index in [-0.39, 0.29) is 4.21 Å². The van der Waals surface area contributed by atoms with Crippen molar-refractivity contribution in [2.75, 3.05) is 13.7 Å². The van der Waals surface area contributed by atoms with Crippen LogP contribution in [-0.4, -0.2) is 28.3 Å². The standard InChI is InChI=1S/C14H14BrNO4S2/c1-3-20-12-8-10(7-11(15)14(12)19-2)9-16-22(17,18)13-5-4-6-21-13/h4-9H,3H2,1-2H3/b16-9-. The Hall–Kier alpha value is -1.38. The highest BCUT2D eigenvalue weighted by molar-refractivity contribution is 9.10. The summed E-state index contributed by atoms with van der Waals surface area (Å²) in [6.07, 6.45) is 1.29. The number of sulfonamides is 1. The van der Waals surface area contributed by atoms with Gasteiger partial charge in [0.05, 0.1) is 18.2 Å². The molecule has 2 rings (SSSR count). The summed E-state index contributed by atoms with van der Waals surface area (Å²) in [7, 11) is -2.13. The molecule has 1 aromatic heterocycles. The molecule has 1 heterocycles. The van der Waals surface area contributed by atoms with E-state index in [1.807, 2.05) is 6.92 Å². The van der Waals surface area contributed by atoms with E-state index in [1.54, 1.807) is 23.6 Å². The lowest BCUT2D eigenvalue weighted by Crippen LogP contribution is -1.99. The van der Waals surface area contributed by atoms with Gasteiger partial charge in [0.1, 0.15) is 4.21 Å². The summed E-state index contributed by atoms with van der Waals surface area (Å²) in [6, 6.07) is 6.59. The molecular weight excluding hydrogens is 390 g/mol. The smallest absolute Gasteiger partial charge is 0.291 e. The summed E-state index contributed by atoms with van der Waals surface area (Å²) < 4.78 is 39.4. The Kier molecular flexibility index (Phi) is 5.60. The molecule has 0 saturated carbocycles. The Labute approximate surface area is 141 Å². The van der Waals surface area contributed by atoms with Gasteiger partial charge < -0.3 is 9.47 Å². The highest BCUT2D eigenvalue weighted by Crippen LogP contribution is 2.36. The maximum absolute atomic E-state index is 12.0. The van der Waals surface area contributed by atoms with Crippen LogP contribution in [0.15, 0.2) is 42.7 Å². The number of benzene rings is 1. The van der Waals surface area contributed by atoms with Crippen molar-refractivity contribution in [1.29, 1.82) is 0 Å². The van der Waals surface area contributed by atoms with Crippen molar-refractivity contribution >= 4 is 43.5 Å². The van der Waals surface area contributed by atoms with Crippen LogP contribution in [0.2, 0.25) is 0 Å². The third-order valence-electron chi connectivity index (χ3n) is 2.63. The van der Waals surface area contributed by atoms with Crippen LogP contribution in [0, 0.1) is 0 Å². The molecule has 118 valence electrons. The van der Waals surface area contributed by atoms with Crippen molar-refractivity contribution in [3.05, 3.63) is 39.7 Å². The zero-order chi connectivity index (χ0) is 16.2. The average molecular weight is 404 g/mol. The van der Waals surface area contributed by atoms with E-state index in [0.29, 0.717) is 28.1 Å². The minimum Gasteiger partial charge on any atom is -0.492 e. The summed E-state index contributed by atoms with van der Waals surface area (Å²) in [5, 5.41) is 1.69. The van der Waals surface area contributed by atoms with Crippen molar-refractivity contribution in [2.45, 2.75) is 11.1 Å². The Bertz CT molecular complexity index is 770. The summed E-state index contributed by atoms with van der Waals surface area (Å²) in [5.74, 6) is 1.08. The molecule has 2 aromatic rings. The van der Waals surface area contributed by atoms with Crippen LogP contribution in [0.25, 0.3) is 0 Å². The summed E-state index contributed by atoms with van der Waals surface area (Å²) >= 11 is 4.50. The van der Waals surface area contributed by atoms with Crippen LogP contribution in [0.3, 0.4) is 0 Å². The average Bonchev–Trinajstić information content (AvgIpc) is 3.00. The van der Waals surface area contributed by atoms with E-state index < -0.39 is 10.0 Å². The zero-order valence-corrected chi connectivity index (χ0v) is 15.2. The summed E-state index contributed by atoms with van der Waals surface area (Å²) in [6.45, 7) is 2.33. The molecule has 22 heavy (non-hydrogen) atoms. The van der Waals surface area contributed by atoms with E-state index >= 15 is 0 Å². The lowest BCUT2D eigenvalue weighted by atomic mass is 10.2. The predicted molar refractivity (Wildman–Crippen MR) is 91.0 cm³/mol. The molecule has 0 aliphatic rings. The zero-order valence-electron chi connectivity index (χ0n) is 11.9. The molecule has 0 atom stereocenters. The van der Waals surface area contributed by atoms with Crippen molar-refractivity contribution in [3.8, 4) is 11.5 Å². The molecule has 0 aliphatic heterocycles. The summed E-state index contributed by atoms with van der Waals surface area (Å²) in [5.41, 5.74) is 0.594. The van der Waals surface area contributed by atoms with E-state index in [2.05, 4.69) is 20.3 Å². The number of methoxy groups -OCH3 is 1. The lowest BCUT2D eigenvalue weighted by Gasteiger charge is -2.11. The molecule has 0 radical (unpaired) electrons. The molecule has 0 amide bonds. The van der Waals surface area contributed by atoms with Crippen molar-refractivity contribution in [2.24, 2.45) is 4.40 Å². The first-order chi connectivity index (χ1) is 10.5. The molecule has 0 fully saturated rings. The fraction of sp³-hybridized carbons (Fsp3) is 0.214. The number of nitrogens with zero attached hydrogens (tertiary/aromatic N) is 1. The largest absolute Gasteiger partial charge is 0.492 e. The molecule has 0 spiro atoms. The topological polar surface area (TPSA) is 65.0 Å². The number of rotatable bonds is 6. The minimum atomic E-state index is -3.67.